The maximum Gasteiger partial charge on any atom is 0.387 e. The Kier molecular flexibility index (Phi) is 7.31. The van der Waals surface area contributed by atoms with Crippen LogP contribution < -0.4 is 10.2 Å². The molecule has 0 radical (unpaired) electrons. The number of rotatable bonds is 7. The number of carbonyl (C=O) groups is 1. The van der Waals surface area contributed by atoms with Crippen LogP contribution in [0.15, 0.2) is 58.5 Å². The summed E-state index contributed by atoms with van der Waals surface area (Å²) in [5.74, 6) is -0.579. The van der Waals surface area contributed by atoms with Crippen molar-refractivity contribution in [3.8, 4) is 5.75 Å². The highest BCUT2D eigenvalue weighted by Gasteiger charge is 2.26. The summed E-state index contributed by atoms with van der Waals surface area (Å²) in [7, 11) is -3.73. The van der Waals surface area contributed by atoms with E-state index in [0.717, 1.165) is 0 Å². The number of halogens is 2. The molecule has 0 saturated carbocycles. The van der Waals surface area contributed by atoms with Crippen molar-refractivity contribution in [2.75, 3.05) is 26.3 Å². The van der Waals surface area contributed by atoms with E-state index in [9.17, 15) is 22.0 Å². The predicted octanol–water partition coefficient (Wildman–Crippen LogP) is 2.46. The second-order valence-corrected chi connectivity index (χ2v) is 8.52. The van der Waals surface area contributed by atoms with E-state index in [2.05, 4.69) is 15.3 Å². The molecule has 1 saturated heterocycles. The van der Waals surface area contributed by atoms with Gasteiger partial charge in [-0.05, 0) is 55.0 Å². The highest BCUT2D eigenvalue weighted by atomic mass is 32.2. The predicted molar refractivity (Wildman–Crippen MR) is 109 cm³/mol. The van der Waals surface area contributed by atoms with Crippen LogP contribution in [-0.2, 0) is 14.8 Å². The molecule has 0 bridgehead atoms. The molecule has 3 rings (SSSR count). The highest BCUT2D eigenvalue weighted by Crippen LogP contribution is 2.19. The van der Waals surface area contributed by atoms with Gasteiger partial charge in [0.1, 0.15) is 5.75 Å². The SMILES string of the molecule is C/C(=N/NC(=O)c1cccc(S(=O)(=O)N2CCOCC2)c1)c1ccc(OC(F)F)cc1. The molecule has 0 spiro atoms. The van der Waals surface area contributed by atoms with Crippen LogP contribution in [0.1, 0.15) is 22.8 Å². The third-order valence-electron chi connectivity index (χ3n) is 4.53. The van der Waals surface area contributed by atoms with Gasteiger partial charge >= 0.3 is 6.61 Å². The lowest BCUT2D eigenvalue weighted by molar-refractivity contribution is -0.0498. The molecular formula is C20H21F2N3O5S. The van der Waals surface area contributed by atoms with E-state index >= 15 is 0 Å². The summed E-state index contributed by atoms with van der Waals surface area (Å²) in [6.07, 6.45) is 0. The summed E-state index contributed by atoms with van der Waals surface area (Å²) in [6, 6.07) is 11.5. The van der Waals surface area contributed by atoms with Gasteiger partial charge in [0.2, 0.25) is 10.0 Å². The molecule has 11 heteroatoms. The first-order valence-corrected chi connectivity index (χ1v) is 10.8. The lowest BCUT2D eigenvalue weighted by atomic mass is 10.1. The largest absolute Gasteiger partial charge is 0.435 e. The van der Waals surface area contributed by atoms with E-state index in [1.165, 1.54) is 52.8 Å². The van der Waals surface area contributed by atoms with Gasteiger partial charge < -0.3 is 9.47 Å². The number of carbonyl (C=O) groups excluding carboxylic acids is 1. The van der Waals surface area contributed by atoms with Crippen LogP contribution in [0.5, 0.6) is 5.75 Å². The molecule has 0 unspecified atom stereocenters. The summed E-state index contributed by atoms with van der Waals surface area (Å²) >= 11 is 0. The molecule has 1 fully saturated rings. The molecule has 2 aromatic carbocycles. The van der Waals surface area contributed by atoms with Crippen molar-refractivity contribution in [3.63, 3.8) is 0 Å². The molecule has 8 nitrogen and oxygen atoms in total. The van der Waals surface area contributed by atoms with Gasteiger partial charge in [-0.15, -0.1) is 0 Å². The molecule has 1 amide bonds. The second-order valence-electron chi connectivity index (χ2n) is 6.59. The fourth-order valence-electron chi connectivity index (χ4n) is 2.88. The van der Waals surface area contributed by atoms with Crippen LogP contribution in [0.3, 0.4) is 0 Å². The Morgan fingerprint density at radius 2 is 1.81 bits per heavy atom. The third-order valence-corrected chi connectivity index (χ3v) is 6.42. The molecule has 31 heavy (non-hydrogen) atoms. The number of hydrogen-bond acceptors (Lipinski definition) is 6. The monoisotopic (exact) mass is 453 g/mol. The zero-order valence-corrected chi connectivity index (χ0v) is 17.4. The molecule has 166 valence electrons. The van der Waals surface area contributed by atoms with Crippen LogP contribution in [0.2, 0.25) is 0 Å². The minimum Gasteiger partial charge on any atom is -0.435 e. The van der Waals surface area contributed by atoms with E-state index in [0.29, 0.717) is 24.5 Å². The fourth-order valence-corrected chi connectivity index (χ4v) is 4.33. The van der Waals surface area contributed by atoms with Gasteiger partial charge in [-0.25, -0.2) is 13.8 Å². The Hall–Kier alpha value is -2.89. The van der Waals surface area contributed by atoms with Gasteiger partial charge in [0.05, 0.1) is 23.8 Å². The van der Waals surface area contributed by atoms with E-state index < -0.39 is 22.5 Å². The van der Waals surface area contributed by atoms with Gasteiger partial charge in [0, 0.05) is 18.7 Å². The van der Waals surface area contributed by atoms with Crippen LogP contribution >= 0.6 is 0 Å². The Balaban J connectivity index is 1.69. The first kappa shape index (κ1) is 22.8. The molecule has 0 atom stereocenters. The maximum absolute atomic E-state index is 12.8. The van der Waals surface area contributed by atoms with Gasteiger partial charge in [-0.2, -0.15) is 18.2 Å². The third kappa shape index (κ3) is 5.84. The maximum atomic E-state index is 12.8. The smallest absolute Gasteiger partial charge is 0.387 e. The zero-order valence-electron chi connectivity index (χ0n) is 16.6. The number of benzene rings is 2. The molecule has 1 N–H and O–H groups in total. The Bertz CT molecular complexity index is 1050. The van der Waals surface area contributed by atoms with Crippen molar-refractivity contribution in [1.82, 2.24) is 9.73 Å². The van der Waals surface area contributed by atoms with Gasteiger partial charge in [-0.3, -0.25) is 4.79 Å². The van der Waals surface area contributed by atoms with Gasteiger partial charge in [0.15, 0.2) is 0 Å². The average molecular weight is 453 g/mol. The minimum absolute atomic E-state index is 0.00822. The quantitative estimate of drug-likeness (QED) is 0.513. The van der Waals surface area contributed by atoms with Crippen LogP contribution in [0.25, 0.3) is 0 Å². The number of sulfonamides is 1. The number of morpholine rings is 1. The number of hydrogen-bond donors (Lipinski definition) is 1. The van der Waals surface area contributed by atoms with Crippen molar-refractivity contribution in [2.24, 2.45) is 5.10 Å². The number of nitrogens with zero attached hydrogens (tertiary/aromatic N) is 2. The molecular weight excluding hydrogens is 432 g/mol. The van der Waals surface area contributed by atoms with Crippen molar-refractivity contribution >= 4 is 21.6 Å². The van der Waals surface area contributed by atoms with Gasteiger partial charge in [0.25, 0.3) is 5.91 Å². The number of hydrazone groups is 1. The summed E-state index contributed by atoms with van der Waals surface area (Å²) in [5.41, 5.74) is 3.52. The van der Waals surface area contributed by atoms with Crippen LogP contribution in [0.4, 0.5) is 8.78 Å². The van der Waals surface area contributed by atoms with E-state index in [-0.39, 0.29) is 29.3 Å². The van der Waals surface area contributed by atoms with E-state index in [1.54, 1.807) is 6.92 Å². The summed E-state index contributed by atoms with van der Waals surface area (Å²) in [6.45, 7) is -0.136. The Morgan fingerprint density at radius 1 is 1.13 bits per heavy atom. The lowest BCUT2D eigenvalue weighted by Gasteiger charge is -2.26. The summed E-state index contributed by atoms with van der Waals surface area (Å²) in [4.78, 5) is 12.5. The number of alkyl halides is 2. The normalized spacial score (nSPS) is 15.7. The van der Waals surface area contributed by atoms with E-state index in [1.807, 2.05) is 0 Å². The van der Waals surface area contributed by atoms with Crippen molar-refractivity contribution < 1.29 is 31.5 Å². The Morgan fingerprint density at radius 3 is 2.45 bits per heavy atom. The standard InChI is InChI=1S/C20H21F2N3O5S/c1-14(15-5-7-17(8-6-15)30-20(21)22)23-24-19(26)16-3-2-4-18(13-16)31(27,28)25-9-11-29-12-10-25/h2-8,13,20H,9-12H2,1H3,(H,24,26)/b23-14-. The molecule has 0 aliphatic carbocycles. The first-order chi connectivity index (χ1) is 14.8. The number of ether oxygens (including phenoxy) is 2. The first-order valence-electron chi connectivity index (χ1n) is 9.35. The molecule has 1 aliphatic rings. The van der Waals surface area contributed by atoms with E-state index in [4.69, 9.17) is 4.74 Å². The minimum atomic E-state index is -3.73. The number of nitrogens with one attached hydrogen (secondary N) is 1. The van der Waals surface area contributed by atoms with Crippen molar-refractivity contribution in [3.05, 3.63) is 59.7 Å². The average Bonchev–Trinajstić information content (AvgIpc) is 2.78. The van der Waals surface area contributed by atoms with Crippen molar-refractivity contribution in [1.29, 1.82) is 0 Å². The van der Waals surface area contributed by atoms with Crippen LogP contribution in [-0.4, -0.2) is 57.3 Å². The van der Waals surface area contributed by atoms with Crippen LogP contribution in [0, 0.1) is 0 Å². The zero-order chi connectivity index (χ0) is 22.4. The second kappa shape index (κ2) is 9.94. The molecule has 1 aliphatic heterocycles. The summed E-state index contributed by atoms with van der Waals surface area (Å²) < 4.78 is 60.7. The Labute approximate surface area is 178 Å². The van der Waals surface area contributed by atoms with Gasteiger partial charge in [-0.1, -0.05) is 6.07 Å². The molecule has 1 heterocycles. The highest BCUT2D eigenvalue weighted by molar-refractivity contribution is 7.89. The van der Waals surface area contributed by atoms with Crippen molar-refractivity contribution in [2.45, 2.75) is 18.4 Å². The fraction of sp³-hybridized carbons (Fsp3) is 0.300. The summed E-state index contributed by atoms with van der Waals surface area (Å²) in [5, 5.41) is 3.99. The number of amides is 1. The topological polar surface area (TPSA) is 97.3 Å². The molecule has 0 aromatic heterocycles. The molecule has 2 aromatic rings. The lowest BCUT2D eigenvalue weighted by Crippen LogP contribution is -2.40.